The molecule has 2 aliphatic rings. The summed E-state index contributed by atoms with van der Waals surface area (Å²) in [5.41, 5.74) is -0.0982. The molecule has 0 aliphatic carbocycles. The lowest BCUT2D eigenvalue weighted by molar-refractivity contribution is -0.267. The van der Waals surface area contributed by atoms with E-state index in [1.54, 1.807) is 14.2 Å². The van der Waals surface area contributed by atoms with Gasteiger partial charge < -0.3 is 34.5 Å². The molecule has 0 bridgehead atoms. The van der Waals surface area contributed by atoms with Crippen molar-refractivity contribution in [1.29, 1.82) is 0 Å². The van der Waals surface area contributed by atoms with Gasteiger partial charge in [-0.1, -0.05) is 0 Å². The molecule has 238 valence electrons. The monoisotopic (exact) mass is 572 g/mol. The highest BCUT2D eigenvalue weighted by molar-refractivity contribution is 5.00. The van der Waals surface area contributed by atoms with Gasteiger partial charge in [-0.05, 0) is 102 Å². The topological polar surface area (TPSA) is 76.7 Å². The first-order chi connectivity index (χ1) is 18.4. The zero-order chi connectivity index (χ0) is 30.4. The highest BCUT2D eigenvalue weighted by Crippen LogP contribution is 2.39. The van der Waals surface area contributed by atoms with E-state index >= 15 is 0 Å². The summed E-state index contributed by atoms with van der Waals surface area (Å²) in [5, 5.41) is 11.8. The van der Waals surface area contributed by atoms with E-state index in [9.17, 15) is 0 Å². The van der Waals surface area contributed by atoms with Crippen LogP contribution < -0.4 is 10.6 Å². The highest BCUT2D eigenvalue weighted by Gasteiger charge is 2.47. The molecule has 2 saturated heterocycles. The van der Waals surface area contributed by atoms with Gasteiger partial charge in [0, 0.05) is 46.3 Å². The van der Waals surface area contributed by atoms with Gasteiger partial charge in [0.1, 0.15) is 0 Å². The van der Waals surface area contributed by atoms with Crippen molar-refractivity contribution in [2.24, 2.45) is 0 Å². The lowest BCUT2D eigenvalue weighted by atomic mass is 9.78. The zero-order valence-electron chi connectivity index (χ0n) is 28.2. The van der Waals surface area contributed by atoms with Crippen LogP contribution in [0.5, 0.6) is 0 Å². The molecule has 2 heterocycles. The average molecular weight is 573 g/mol. The van der Waals surface area contributed by atoms with Gasteiger partial charge in [0.05, 0.1) is 53.4 Å². The van der Waals surface area contributed by atoms with Crippen LogP contribution in [-0.4, -0.2) is 110 Å². The first kappa shape index (κ1) is 35.8. The van der Waals surface area contributed by atoms with Crippen LogP contribution in [0.25, 0.3) is 0 Å². The third-order valence-electron chi connectivity index (χ3n) is 8.31. The minimum atomic E-state index is -0.0262. The van der Waals surface area contributed by atoms with E-state index in [-0.39, 0.29) is 40.3 Å². The molecule has 0 radical (unpaired) electrons. The Morgan fingerprint density at radius 1 is 0.600 bits per heavy atom. The number of ether oxygens (including phenoxy) is 3. The molecule has 9 nitrogen and oxygen atoms in total. The molecule has 0 aromatic carbocycles. The lowest BCUT2D eigenvalue weighted by Gasteiger charge is -2.53. The van der Waals surface area contributed by atoms with Gasteiger partial charge in [0.15, 0.2) is 0 Å². The standard InChI is InChI=1S/C31H64N4O5/c1-23(32-26-16-28(4,5)34(36-12)29(6,7)17-26)20-38-14-15-39-22-25(3)40-21-24(2)33-27-18-30(8,9)35(37-13)31(10,11)19-27/h23-27,32-33H,14-22H2,1-13H3. The summed E-state index contributed by atoms with van der Waals surface area (Å²) >= 11 is 0. The van der Waals surface area contributed by atoms with Crippen LogP contribution in [-0.2, 0) is 23.9 Å². The normalized spacial score (nSPS) is 26.0. The van der Waals surface area contributed by atoms with Crippen LogP contribution >= 0.6 is 0 Å². The second-order valence-electron chi connectivity index (χ2n) is 14.8. The van der Waals surface area contributed by atoms with E-state index in [0.717, 1.165) is 25.7 Å². The number of hydrogen-bond acceptors (Lipinski definition) is 9. The fourth-order valence-electron chi connectivity index (χ4n) is 7.64. The molecule has 2 aliphatic heterocycles. The third kappa shape index (κ3) is 10.4. The van der Waals surface area contributed by atoms with Gasteiger partial charge in [-0.25, -0.2) is 0 Å². The number of nitrogens with one attached hydrogen (secondary N) is 2. The fraction of sp³-hybridized carbons (Fsp3) is 1.00. The largest absolute Gasteiger partial charge is 0.377 e. The van der Waals surface area contributed by atoms with E-state index in [1.807, 2.05) is 0 Å². The van der Waals surface area contributed by atoms with Crippen LogP contribution in [0.1, 0.15) is 102 Å². The molecule has 0 spiro atoms. The summed E-state index contributed by atoms with van der Waals surface area (Å²) in [5.74, 6) is 0. The Labute approximate surface area is 246 Å². The SMILES string of the molecule is CON1C(C)(C)CC(NC(C)COCCOCC(C)OCC(C)NC2CC(C)(C)N(OC)C(C)(C)C2)CC1(C)C. The predicted octanol–water partition coefficient (Wildman–Crippen LogP) is 4.55. The van der Waals surface area contributed by atoms with Gasteiger partial charge in [0.2, 0.25) is 0 Å². The van der Waals surface area contributed by atoms with Crippen molar-refractivity contribution in [3.05, 3.63) is 0 Å². The molecule has 9 heteroatoms. The third-order valence-corrected chi connectivity index (χ3v) is 8.31. The maximum atomic E-state index is 6.08. The molecule has 0 aromatic rings. The summed E-state index contributed by atoms with van der Waals surface area (Å²) in [7, 11) is 3.55. The number of nitrogens with zero attached hydrogens (tertiary/aromatic N) is 2. The van der Waals surface area contributed by atoms with Crippen LogP contribution in [0.3, 0.4) is 0 Å². The van der Waals surface area contributed by atoms with Crippen molar-refractivity contribution < 1.29 is 23.9 Å². The fourth-order valence-corrected chi connectivity index (χ4v) is 7.64. The minimum Gasteiger partial charge on any atom is -0.377 e. The number of rotatable bonds is 16. The van der Waals surface area contributed by atoms with E-state index in [4.69, 9.17) is 23.9 Å². The molecule has 2 rings (SSSR count). The molecule has 0 saturated carbocycles. The van der Waals surface area contributed by atoms with E-state index < -0.39 is 0 Å². The van der Waals surface area contributed by atoms with Crippen LogP contribution in [0.2, 0.25) is 0 Å². The molecule has 3 atom stereocenters. The predicted molar refractivity (Wildman–Crippen MR) is 162 cm³/mol. The average Bonchev–Trinajstić information content (AvgIpc) is 2.77. The molecular formula is C31H64N4O5. The zero-order valence-corrected chi connectivity index (χ0v) is 28.2. The summed E-state index contributed by atoms with van der Waals surface area (Å²) in [6.07, 6.45) is 4.17. The summed E-state index contributed by atoms with van der Waals surface area (Å²) in [6, 6.07) is 1.40. The number of hydrogen-bond donors (Lipinski definition) is 2. The second-order valence-corrected chi connectivity index (χ2v) is 14.8. The summed E-state index contributed by atoms with van der Waals surface area (Å²) < 4.78 is 17.8. The molecule has 3 unspecified atom stereocenters. The Bertz CT molecular complexity index is 711. The van der Waals surface area contributed by atoms with Crippen LogP contribution in [0.4, 0.5) is 0 Å². The van der Waals surface area contributed by atoms with Crippen molar-refractivity contribution in [2.75, 3.05) is 47.3 Å². The van der Waals surface area contributed by atoms with Crippen molar-refractivity contribution in [3.8, 4) is 0 Å². The number of piperidine rings is 2. The van der Waals surface area contributed by atoms with Crippen LogP contribution in [0.15, 0.2) is 0 Å². The Morgan fingerprint density at radius 2 is 0.950 bits per heavy atom. The Morgan fingerprint density at radius 3 is 1.32 bits per heavy atom. The van der Waals surface area contributed by atoms with Gasteiger partial charge in [-0.2, -0.15) is 10.1 Å². The molecule has 2 N–H and O–H groups in total. The van der Waals surface area contributed by atoms with Gasteiger partial charge >= 0.3 is 0 Å². The summed E-state index contributed by atoms with van der Waals surface area (Å²) in [6.45, 7) is 27.5. The van der Waals surface area contributed by atoms with Crippen molar-refractivity contribution in [1.82, 2.24) is 20.8 Å². The van der Waals surface area contributed by atoms with Crippen LogP contribution in [0, 0.1) is 0 Å². The first-order valence-electron chi connectivity index (χ1n) is 15.4. The molecule has 2 fully saturated rings. The maximum absolute atomic E-state index is 6.08. The highest BCUT2D eigenvalue weighted by atomic mass is 16.7. The van der Waals surface area contributed by atoms with E-state index in [2.05, 4.69) is 96.9 Å². The minimum absolute atomic E-state index is 0.0229. The van der Waals surface area contributed by atoms with Gasteiger partial charge in [0.25, 0.3) is 0 Å². The Hall–Kier alpha value is -0.360. The number of hydroxylamine groups is 4. The van der Waals surface area contributed by atoms with Crippen molar-refractivity contribution in [2.45, 2.75) is 154 Å². The van der Waals surface area contributed by atoms with E-state index in [1.165, 1.54) is 0 Å². The van der Waals surface area contributed by atoms with Gasteiger partial charge in [-0.3, -0.25) is 0 Å². The first-order valence-corrected chi connectivity index (χ1v) is 15.4. The smallest absolute Gasteiger partial charge is 0.0781 e. The molecule has 40 heavy (non-hydrogen) atoms. The Balaban J connectivity index is 1.58. The molecule has 0 amide bonds. The Kier molecular flexibility index (Phi) is 13.3. The van der Waals surface area contributed by atoms with Crippen molar-refractivity contribution in [3.63, 3.8) is 0 Å². The molecule has 0 aromatic heterocycles. The lowest BCUT2D eigenvalue weighted by Crippen LogP contribution is -2.64. The maximum Gasteiger partial charge on any atom is 0.0781 e. The van der Waals surface area contributed by atoms with Crippen molar-refractivity contribution >= 4 is 0 Å². The molecular weight excluding hydrogens is 508 g/mol. The van der Waals surface area contributed by atoms with Gasteiger partial charge in [-0.15, -0.1) is 0 Å². The van der Waals surface area contributed by atoms with E-state index in [0.29, 0.717) is 45.1 Å². The summed E-state index contributed by atoms with van der Waals surface area (Å²) in [4.78, 5) is 11.5. The second kappa shape index (κ2) is 14.9. The quantitative estimate of drug-likeness (QED) is 0.259.